The molecule has 2 amide bonds. The second kappa shape index (κ2) is 6.66. The molecule has 6 nitrogen and oxygen atoms in total. The molecular formula is C17H20N2O4. The van der Waals surface area contributed by atoms with Crippen LogP contribution >= 0.6 is 0 Å². The number of rotatable bonds is 5. The fraction of sp³-hybridized carbons (Fsp3) is 0.294. The number of carbonyl (C=O) groups excluding carboxylic acids is 2. The van der Waals surface area contributed by atoms with E-state index in [2.05, 4.69) is 10.6 Å². The summed E-state index contributed by atoms with van der Waals surface area (Å²) >= 11 is 0. The fourth-order valence-corrected chi connectivity index (χ4v) is 2.11. The van der Waals surface area contributed by atoms with Crippen molar-refractivity contribution in [1.82, 2.24) is 5.32 Å². The Morgan fingerprint density at radius 3 is 2.65 bits per heavy atom. The van der Waals surface area contributed by atoms with E-state index in [4.69, 9.17) is 4.42 Å². The molecule has 0 saturated heterocycles. The molecule has 0 aliphatic carbocycles. The van der Waals surface area contributed by atoms with Gasteiger partial charge in [0.15, 0.2) is 0 Å². The van der Waals surface area contributed by atoms with Gasteiger partial charge in [0.2, 0.25) is 5.91 Å². The van der Waals surface area contributed by atoms with E-state index in [1.807, 2.05) is 6.92 Å². The Balaban J connectivity index is 2.07. The summed E-state index contributed by atoms with van der Waals surface area (Å²) in [7, 11) is 0. The zero-order valence-electron chi connectivity index (χ0n) is 13.3. The molecule has 1 unspecified atom stereocenters. The Morgan fingerprint density at radius 1 is 1.30 bits per heavy atom. The van der Waals surface area contributed by atoms with Crippen LogP contribution < -0.4 is 10.6 Å². The average molecular weight is 316 g/mol. The van der Waals surface area contributed by atoms with E-state index < -0.39 is 5.60 Å². The molecule has 23 heavy (non-hydrogen) atoms. The molecule has 6 heteroatoms. The largest absolute Gasteiger partial charge is 0.466 e. The second-order valence-electron chi connectivity index (χ2n) is 5.64. The predicted octanol–water partition coefficient (Wildman–Crippen LogP) is 2.18. The van der Waals surface area contributed by atoms with Gasteiger partial charge in [-0.1, -0.05) is 6.07 Å². The number of hydrogen-bond donors (Lipinski definition) is 3. The molecule has 1 atom stereocenters. The highest BCUT2D eigenvalue weighted by Crippen LogP contribution is 2.21. The molecule has 1 aromatic carbocycles. The maximum absolute atomic E-state index is 12.2. The van der Waals surface area contributed by atoms with Crippen molar-refractivity contribution < 1.29 is 19.1 Å². The number of aryl methyl sites for hydroxylation is 1. The van der Waals surface area contributed by atoms with E-state index in [0.717, 1.165) is 5.56 Å². The van der Waals surface area contributed by atoms with Gasteiger partial charge in [-0.25, -0.2) is 0 Å². The van der Waals surface area contributed by atoms with E-state index >= 15 is 0 Å². The lowest BCUT2D eigenvalue weighted by molar-refractivity contribution is -0.114. The van der Waals surface area contributed by atoms with Crippen LogP contribution in [0.5, 0.6) is 0 Å². The third kappa shape index (κ3) is 4.20. The summed E-state index contributed by atoms with van der Waals surface area (Å²) in [6.45, 7) is 4.81. The van der Waals surface area contributed by atoms with Crippen molar-refractivity contribution in [3.8, 4) is 0 Å². The molecule has 0 aliphatic heterocycles. The number of benzene rings is 1. The maximum atomic E-state index is 12.2. The van der Waals surface area contributed by atoms with E-state index in [0.29, 0.717) is 17.0 Å². The Labute approximate surface area is 134 Å². The minimum atomic E-state index is -1.30. The van der Waals surface area contributed by atoms with Crippen LogP contribution in [0.2, 0.25) is 0 Å². The smallest absolute Gasteiger partial charge is 0.251 e. The number of furan rings is 1. The Morgan fingerprint density at radius 2 is 2.04 bits per heavy atom. The number of amides is 2. The predicted molar refractivity (Wildman–Crippen MR) is 86.1 cm³/mol. The zero-order valence-corrected chi connectivity index (χ0v) is 13.3. The molecule has 1 aromatic heterocycles. The van der Waals surface area contributed by atoms with Gasteiger partial charge in [-0.05, 0) is 43.7 Å². The summed E-state index contributed by atoms with van der Waals surface area (Å²) in [6, 6.07) is 8.34. The molecule has 0 saturated carbocycles. The summed E-state index contributed by atoms with van der Waals surface area (Å²) in [5, 5.41) is 15.7. The molecule has 2 aromatic rings. The van der Waals surface area contributed by atoms with Crippen molar-refractivity contribution in [3.63, 3.8) is 0 Å². The van der Waals surface area contributed by atoms with Gasteiger partial charge in [0, 0.05) is 18.2 Å². The third-order valence-corrected chi connectivity index (χ3v) is 3.46. The maximum Gasteiger partial charge on any atom is 0.251 e. The molecule has 0 spiro atoms. The monoisotopic (exact) mass is 316 g/mol. The van der Waals surface area contributed by atoms with E-state index in [9.17, 15) is 14.7 Å². The molecular weight excluding hydrogens is 296 g/mol. The zero-order chi connectivity index (χ0) is 17.0. The molecule has 1 heterocycles. The Kier molecular flexibility index (Phi) is 4.86. The Hall–Kier alpha value is -2.60. The number of aliphatic hydroxyl groups is 1. The van der Waals surface area contributed by atoms with Crippen LogP contribution in [0.15, 0.2) is 41.0 Å². The lowest BCUT2D eigenvalue weighted by atomic mass is 10.0. The quantitative estimate of drug-likeness (QED) is 0.788. The topological polar surface area (TPSA) is 91.6 Å². The van der Waals surface area contributed by atoms with Crippen molar-refractivity contribution in [2.24, 2.45) is 0 Å². The van der Waals surface area contributed by atoms with Gasteiger partial charge in [-0.3, -0.25) is 9.59 Å². The van der Waals surface area contributed by atoms with Crippen LogP contribution in [0.3, 0.4) is 0 Å². The highest BCUT2D eigenvalue weighted by Gasteiger charge is 2.27. The highest BCUT2D eigenvalue weighted by atomic mass is 16.4. The van der Waals surface area contributed by atoms with Gasteiger partial charge >= 0.3 is 0 Å². The summed E-state index contributed by atoms with van der Waals surface area (Å²) in [6.07, 6.45) is 1.46. The first-order valence-electron chi connectivity index (χ1n) is 7.22. The molecule has 0 radical (unpaired) electrons. The van der Waals surface area contributed by atoms with Crippen molar-refractivity contribution in [1.29, 1.82) is 0 Å². The first-order chi connectivity index (χ1) is 10.8. The summed E-state index contributed by atoms with van der Waals surface area (Å²) in [5.41, 5.74) is 0.543. The molecule has 122 valence electrons. The van der Waals surface area contributed by atoms with Crippen molar-refractivity contribution in [2.45, 2.75) is 26.4 Å². The minimum absolute atomic E-state index is 0.00267. The Bertz CT molecular complexity index is 705. The SMILES string of the molecule is CC(=O)Nc1cc(C(=O)NCC(C)(O)c2ccco2)ccc1C. The minimum Gasteiger partial charge on any atom is -0.466 e. The number of nitrogens with one attached hydrogen (secondary N) is 2. The highest BCUT2D eigenvalue weighted by molar-refractivity contribution is 5.97. The lowest BCUT2D eigenvalue weighted by Crippen LogP contribution is -2.38. The normalized spacial score (nSPS) is 13.2. The van der Waals surface area contributed by atoms with E-state index in [1.54, 1.807) is 37.3 Å². The summed E-state index contributed by atoms with van der Waals surface area (Å²) < 4.78 is 5.17. The lowest BCUT2D eigenvalue weighted by Gasteiger charge is -2.21. The number of carbonyl (C=O) groups is 2. The van der Waals surface area contributed by atoms with Gasteiger partial charge in [0.05, 0.1) is 12.8 Å². The van der Waals surface area contributed by atoms with E-state index in [-0.39, 0.29) is 18.4 Å². The third-order valence-electron chi connectivity index (χ3n) is 3.46. The van der Waals surface area contributed by atoms with Crippen molar-refractivity contribution in [3.05, 3.63) is 53.5 Å². The molecule has 0 fully saturated rings. The van der Waals surface area contributed by atoms with Gasteiger partial charge in [0.1, 0.15) is 11.4 Å². The summed E-state index contributed by atoms with van der Waals surface area (Å²) in [5.74, 6) is -0.171. The van der Waals surface area contributed by atoms with Crippen LogP contribution in [0.25, 0.3) is 0 Å². The fourth-order valence-electron chi connectivity index (χ4n) is 2.11. The summed E-state index contributed by atoms with van der Waals surface area (Å²) in [4.78, 5) is 23.4. The second-order valence-corrected chi connectivity index (χ2v) is 5.64. The number of anilines is 1. The number of hydrogen-bond acceptors (Lipinski definition) is 4. The van der Waals surface area contributed by atoms with Crippen LogP contribution in [0, 0.1) is 6.92 Å². The van der Waals surface area contributed by atoms with Crippen molar-refractivity contribution >= 4 is 17.5 Å². The average Bonchev–Trinajstić information content (AvgIpc) is 3.02. The van der Waals surface area contributed by atoms with Gasteiger partial charge < -0.3 is 20.2 Å². The molecule has 0 bridgehead atoms. The molecule has 2 rings (SSSR count). The van der Waals surface area contributed by atoms with Crippen LogP contribution in [-0.2, 0) is 10.4 Å². The van der Waals surface area contributed by atoms with Gasteiger partial charge in [0.25, 0.3) is 5.91 Å². The standard InChI is InChI=1S/C17H20N2O4/c1-11-6-7-13(9-14(11)19-12(2)20)16(21)18-10-17(3,22)15-5-4-8-23-15/h4-9,22H,10H2,1-3H3,(H,18,21)(H,19,20). The van der Waals surface area contributed by atoms with Crippen LogP contribution in [0.4, 0.5) is 5.69 Å². The first-order valence-corrected chi connectivity index (χ1v) is 7.22. The first kappa shape index (κ1) is 16.8. The van der Waals surface area contributed by atoms with Gasteiger partial charge in [-0.15, -0.1) is 0 Å². The van der Waals surface area contributed by atoms with Crippen LogP contribution in [-0.4, -0.2) is 23.5 Å². The molecule has 0 aliphatic rings. The van der Waals surface area contributed by atoms with E-state index in [1.165, 1.54) is 13.2 Å². The van der Waals surface area contributed by atoms with Crippen LogP contribution in [0.1, 0.15) is 35.5 Å². The van der Waals surface area contributed by atoms with Crippen molar-refractivity contribution in [2.75, 3.05) is 11.9 Å². The van der Waals surface area contributed by atoms with Gasteiger partial charge in [-0.2, -0.15) is 0 Å². The molecule has 3 N–H and O–H groups in total.